The maximum absolute atomic E-state index is 8.27. The summed E-state index contributed by atoms with van der Waals surface area (Å²) in [6, 6.07) is 0. The highest BCUT2D eigenvalue weighted by atomic mass is 17.1. The maximum atomic E-state index is 8.27. The SMILES string of the molecule is CC(C)(C)C(C)(C)COO. The molecule has 1 N–H and O–H groups in total. The Morgan fingerprint density at radius 1 is 1.10 bits per heavy atom. The quantitative estimate of drug-likeness (QED) is 0.479. The van der Waals surface area contributed by atoms with Crippen LogP contribution in [0.3, 0.4) is 0 Å². The molecule has 0 radical (unpaired) electrons. The summed E-state index contributed by atoms with van der Waals surface area (Å²) >= 11 is 0. The average molecular weight is 146 g/mol. The molecule has 2 heteroatoms. The van der Waals surface area contributed by atoms with Crippen LogP contribution in [0, 0.1) is 10.8 Å². The van der Waals surface area contributed by atoms with Gasteiger partial charge in [-0.05, 0) is 10.8 Å². The van der Waals surface area contributed by atoms with Gasteiger partial charge in [0.15, 0.2) is 0 Å². The Labute approximate surface area is 63.1 Å². The third-order valence-corrected chi connectivity index (χ3v) is 2.46. The van der Waals surface area contributed by atoms with Crippen molar-refractivity contribution < 1.29 is 10.1 Å². The van der Waals surface area contributed by atoms with Gasteiger partial charge in [-0.25, -0.2) is 4.89 Å². The van der Waals surface area contributed by atoms with E-state index in [0.717, 1.165) is 0 Å². The highest BCUT2D eigenvalue weighted by Gasteiger charge is 2.32. The van der Waals surface area contributed by atoms with Crippen molar-refractivity contribution in [2.24, 2.45) is 10.8 Å². The predicted octanol–water partition coefficient (Wildman–Crippen LogP) is 2.55. The van der Waals surface area contributed by atoms with Crippen LogP contribution in [0.4, 0.5) is 0 Å². The van der Waals surface area contributed by atoms with Gasteiger partial charge in [-0.2, -0.15) is 0 Å². The van der Waals surface area contributed by atoms with Crippen molar-refractivity contribution in [2.45, 2.75) is 34.6 Å². The summed E-state index contributed by atoms with van der Waals surface area (Å²) in [6.45, 7) is 10.9. The summed E-state index contributed by atoms with van der Waals surface area (Å²) in [5, 5.41) is 8.27. The first kappa shape index (κ1) is 9.92. The van der Waals surface area contributed by atoms with Gasteiger partial charge >= 0.3 is 0 Å². The van der Waals surface area contributed by atoms with E-state index in [0.29, 0.717) is 6.61 Å². The Morgan fingerprint density at radius 3 is 1.60 bits per heavy atom. The van der Waals surface area contributed by atoms with Crippen molar-refractivity contribution in [3.63, 3.8) is 0 Å². The van der Waals surface area contributed by atoms with Gasteiger partial charge in [0.25, 0.3) is 0 Å². The van der Waals surface area contributed by atoms with E-state index in [-0.39, 0.29) is 10.8 Å². The number of hydrogen-bond acceptors (Lipinski definition) is 2. The third-order valence-electron chi connectivity index (χ3n) is 2.46. The smallest absolute Gasteiger partial charge is 0.0875 e. The van der Waals surface area contributed by atoms with Crippen molar-refractivity contribution in [3.8, 4) is 0 Å². The minimum Gasteiger partial charge on any atom is -0.252 e. The van der Waals surface area contributed by atoms with Crippen LogP contribution in [0.5, 0.6) is 0 Å². The minimum atomic E-state index is 0.0156. The van der Waals surface area contributed by atoms with Gasteiger partial charge in [0.05, 0.1) is 6.61 Å². The predicted molar refractivity (Wildman–Crippen MR) is 41.8 cm³/mol. The van der Waals surface area contributed by atoms with Gasteiger partial charge in [-0.1, -0.05) is 34.6 Å². The second-order valence-electron chi connectivity index (χ2n) is 4.41. The molecule has 62 valence electrons. The van der Waals surface area contributed by atoms with E-state index in [1.807, 2.05) is 0 Å². The standard InChI is InChI=1S/C8H18O2/c1-7(2,3)8(4,5)6-10-9/h9H,6H2,1-5H3. The van der Waals surface area contributed by atoms with Gasteiger partial charge in [0.2, 0.25) is 0 Å². The molecule has 0 fully saturated rings. The fourth-order valence-electron chi connectivity index (χ4n) is 0.378. The molecule has 0 heterocycles. The molecule has 2 nitrogen and oxygen atoms in total. The zero-order valence-electron chi connectivity index (χ0n) is 7.56. The lowest BCUT2D eigenvalue weighted by Crippen LogP contribution is -2.33. The Bertz CT molecular complexity index is 100. The summed E-state index contributed by atoms with van der Waals surface area (Å²) in [4.78, 5) is 4.13. The Morgan fingerprint density at radius 2 is 1.50 bits per heavy atom. The summed E-state index contributed by atoms with van der Waals surface area (Å²) in [5.74, 6) is 0. The zero-order chi connectivity index (χ0) is 8.41. The van der Waals surface area contributed by atoms with Crippen LogP contribution >= 0.6 is 0 Å². The second-order valence-corrected chi connectivity index (χ2v) is 4.41. The molecule has 0 bridgehead atoms. The fourth-order valence-corrected chi connectivity index (χ4v) is 0.378. The zero-order valence-corrected chi connectivity index (χ0v) is 7.56. The Hall–Kier alpha value is -0.0800. The van der Waals surface area contributed by atoms with Crippen molar-refractivity contribution in [3.05, 3.63) is 0 Å². The molecule has 0 unspecified atom stereocenters. The molecule has 0 aromatic carbocycles. The van der Waals surface area contributed by atoms with Crippen molar-refractivity contribution >= 4 is 0 Å². The molecular formula is C8H18O2. The van der Waals surface area contributed by atoms with E-state index in [1.165, 1.54) is 0 Å². The molecule has 0 saturated heterocycles. The van der Waals surface area contributed by atoms with Crippen molar-refractivity contribution in [2.75, 3.05) is 6.61 Å². The molecule has 10 heavy (non-hydrogen) atoms. The van der Waals surface area contributed by atoms with Crippen LogP contribution < -0.4 is 0 Å². The summed E-state index contributed by atoms with van der Waals surface area (Å²) in [7, 11) is 0. The molecule has 0 aliphatic carbocycles. The van der Waals surface area contributed by atoms with E-state index in [1.54, 1.807) is 0 Å². The van der Waals surface area contributed by atoms with Crippen LogP contribution in [0.15, 0.2) is 0 Å². The fraction of sp³-hybridized carbons (Fsp3) is 1.00. The van der Waals surface area contributed by atoms with Crippen LogP contribution in [-0.2, 0) is 4.89 Å². The highest BCUT2D eigenvalue weighted by molar-refractivity contribution is 4.81. The molecule has 0 aromatic heterocycles. The molecule has 0 amide bonds. The third kappa shape index (κ3) is 2.27. The lowest BCUT2D eigenvalue weighted by molar-refractivity contribution is -0.268. The first-order chi connectivity index (χ1) is 4.31. The second kappa shape index (κ2) is 2.89. The molecule has 0 saturated carbocycles. The number of hydrogen-bond donors (Lipinski definition) is 1. The molecule has 0 spiro atoms. The van der Waals surface area contributed by atoms with Gasteiger partial charge in [0, 0.05) is 0 Å². The normalized spacial score (nSPS) is 13.8. The largest absolute Gasteiger partial charge is 0.252 e. The van der Waals surface area contributed by atoms with Crippen LogP contribution in [-0.4, -0.2) is 11.9 Å². The average Bonchev–Trinajstić information content (AvgIpc) is 1.61. The Kier molecular flexibility index (Phi) is 2.86. The van der Waals surface area contributed by atoms with Gasteiger partial charge in [0.1, 0.15) is 0 Å². The highest BCUT2D eigenvalue weighted by Crippen LogP contribution is 2.37. The van der Waals surface area contributed by atoms with E-state index in [2.05, 4.69) is 39.5 Å². The van der Waals surface area contributed by atoms with E-state index in [4.69, 9.17) is 5.26 Å². The van der Waals surface area contributed by atoms with E-state index < -0.39 is 0 Å². The number of rotatable bonds is 2. The van der Waals surface area contributed by atoms with Crippen molar-refractivity contribution in [1.82, 2.24) is 0 Å². The Balaban J connectivity index is 4.10. The van der Waals surface area contributed by atoms with Gasteiger partial charge in [-0.3, -0.25) is 5.26 Å². The van der Waals surface area contributed by atoms with E-state index >= 15 is 0 Å². The lowest BCUT2D eigenvalue weighted by Gasteiger charge is -2.37. The van der Waals surface area contributed by atoms with Crippen LogP contribution in [0.1, 0.15) is 34.6 Å². The van der Waals surface area contributed by atoms with Gasteiger partial charge in [-0.15, -0.1) is 0 Å². The summed E-state index contributed by atoms with van der Waals surface area (Å²) in [5.41, 5.74) is 0.178. The maximum Gasteiger partial charge on any atom is 0.0875 e. The first-order valence-electron chi connectivity index (χ1n) is 3.57. The summed E-state index contributed by atoms with van der Waals surface area (Å²) < 4.78 is 0. The molecule has 0 aliphatic rings. The summed E-state index contributed by atoms with van der Waals surface area (Å²) in [6.07, 6.45) is 0. The van der Waals surface area contributed by atoms with Gasteiger partial charge < -0.3 is 0 Å². The minimum absolute atomic E-state index is 0.0156. The van der Waals surface area contributed by atoms with E-state index in [9.17, 15) is 0 Å². The van der Waals surface area contributed by atoms with Crippen LogP contribution in [0.25, 0.3) is 0 Å². The molecule has 0 atom stereocenters. The molecule has 0 rings (SSSR count). The molecule has 0 aliphatic heterocycles. The van der Waals surface area contributed by atoms with Crippen LogP contribution in [0.2, 0.25) is 0 Å². The molecule has 0 aromatic rings. The first-order valence-corrected chi connectivity index (χ1v) is 3.57. The monoisotopic (exact) mass is 146 g/mol. The molecular weight excluding hydrogens is 128 g/mol. The lowest BCUT2D eigenvalue weighted by atomic mass is 9.70. The topological polar surface area (TPSA) is 29.5 Å². The van der Waals surface area contributed by atoms with Crippen molar-refractivity contribution in [1.29, 1.82) is 0 Å².